The lowest BCUT2D eigenvalue weighted by molar-refractivity contribution is -0.212. The van der Waals surface area contributed by atoms with Gasteiger partial charge in [-0.3, -0.25) is 14.4 Å². The predicted molar refractivity (Wildman–Crippen MR) is 166 cm³/mol. The van der Waals surface area contributed by atoms with Gasteiger partial charge >= 0.3 is 5.97 Å². The van der Waals surface area contributed by atoms with Crippen LogP contribution in [0.1, 0.15) is 120 Å². The van der Waals surface area contributed by atoms with Gasteiger partial charge in [0.2, 0.25) is 11.8 Å². The number of esters is 1. The zero-order valence-corrected chi connectivity index (χ0v) is 28.0. The van der Waals surface area contributed by atoms with E-state index >= 15 is 0 Å². The quantitative estimate of drug-likeness (QED) is 0.275. The van der Waals surface area contributed by atoms with E-state index in [0.717, 1.165) is 44.9 Å². The number of amides is 2. The number of carbonyl (C=O) groups is 3. The molecule has 0 aromatic rings. The summed E-state index contributed by atoms with van der Waals surface area (Å²) in [6.07, 6.45) is 12.4. The van der Waals surface area contributed by atoms with E-state index in [2.05, 4.69) is 65.2 Å². The number of hydrogen-bond donors (Lipinski definition) is 2. The molecule has 0 bridgehead atoms. The molecule has 2 N–H and O–H groups in total. The van der Waals surface area contributed by atoms with Gasteiger partial charge in [0.05, 0.1) is 5.41 Å². The van der Waals surface area contributed by atoms with Crippen molar-refractivity contribution in [1.82, 2.24) is 10.6 Å². The van der Waals surface area contributed by atoms with Gasteiger partial charge in [0.1, 0.15) is 6.10 Å². The second kappa shape index (κ2) is 10.6. The molecule has 0 aromatic heterocycles. The van der Waals surface area contributed by atoms with Crippen molar-refractivity contribution in [2.45, 2.75) is 126 Å². The number of allylic oxidation sites excluding steroid dienone is 2. The van der Waals surface area contributed by atoms with Crippen LogP contribution < -0.4 is 10.6 Å². The topological polar surface area (TPSA) is 84.5 Å². The molecule has 10 atom stereocenters. The van der Waals surface area contributed by atoms with E-state index in [-0.39, 0.29) is 56.9 Å². The molecule has 6 nitrogen and oxygen atoms in total. The maximum atomic E-state index is 14.1. The van der Waals surface area contributed by atoms with E-state index in [1.165, 1.54) is 12.8 Å². The Morgan fingerprint density at radius 1 is 0.929 bits per heavy atom. The zero-order chi connectivity index (χ0) is 30.9. The lowest BCUT2D eigenvalue weighted by Crippen LogP contribution is -2.66. The maximum absolute atomic E-state index is 14.1. The summed E-state index contributed by atoms with van der Waals surface area (Å²) >= 11 is 0. The first-order chi connectivity index (χ1) is 19.6. The SMILES string of the molecule is CNC(=O)CCNC(=O)[C@]12CC[C@@H](C)[C@H](C)[C@H]1C1=CC[C@@H]3[C@@]4(C)CC[C@H](OC(C)=O)C(C)(C)[C@@H]4CC[C@@]3(C)[C@]1(C)CC2. The van der Waals surface area contributed by atoms with E-state index in [0.29, 0.717) is 36.6 Å². The molecule has 0 saturated heterocycles. The van der Waals surface area contributed by atoms with Gasteiger partial charge in [0, 0.05) is 32.4 Å². The summed E-state index contributed by atoms with van der Waals surface area (Å²) in [5.74, 6) is 2.35. The van der Waals surface area contributed by atoms with Crippen LogP contribution in [0.5, 0.6) is 0 Å². The Balaban J connectivity index is 1.50. The van der Waals surface area contributed by atoms with Crippen molar-refractivity contribution >= 4 is 17.8 Å². The molecule has 5 aliphatic carbocycles. The molecule has 0 unspecified atom stereocenters. The normalized spacial score (nSPS) is 45.6. The number of fused-ring (bicyclic) bond motifs is 7. The first kappa shape index (κ1) is 31.6. The molecule has 42 heavy (non-hydrogen) atoms. The van der Waals surface area contributed by atoms with Crippen LogP contribution >= 0.6 is 0 Å². The lowest BCUT2D eigenvalue weighted by atomic mass is 9.33. The van der Waals surface area contributed by atoms with Crippen molar-refractivity contribution < 1.29 is 19.1 Å². The van der Waals surface area contributed by atoms with Gasteiger partial charge in [0.25, 0.3) is 0 Å². The highest BCUT2D eigenvalue weighted by Gasteiger charge is 2.69. The van der Waals surface area contributed by atoms with E-state index < -0.39 is 0 Å². The molecule has 0 aliphatic heterocycles. The highest BCUT2D eigenvalue weighted by molar-refractivity contribution is 5.85. The summed E-state index contributed by atoms with van der Waals surface area (Å²) in [6.45, 7) is 19.2. The van der Waals surface area contributed by atoms with Crippen molar-refractivity contribution in [1.29, 1.82) is 0 Å². The molecule has 0 aromatic carbocycles. The highest BCUT2D eigenvalue weighted by Crippen LogP contribution is 2.75. The monoisotopic (exact) mass is 582 g/mol. The minimum absolute atomic E-state index is 0.00972. The number of nitrogens with one attached hydrogen (secondary N) is 2. The smallest absolute Gasteiger partial charge is 0.302 e. The Morgan fingerprint density at radius 3 is 2.31 bits per heavy atom. The highest BCUT2D eigenvalue weighted by atomic mass is 16.5. The van der Waals surface area contributed by atoms with Crippen molar-refractivity contribution in [2.24, 2.45) is 56.7 Å². The Hall–Kier alpha value is -1.85. The number of hydrogen-bond acceptors (Lipinski definition) is 4. The predicted octanol–water partition coefficient (Wildman–Crippen LogP) is 6.83. The Bertz CT molecular complexity index is 1150. The van der Waals surface area contributed by atoms with Crippen LogP contribution in [0.3, 0.4) is 0 Å². The van der Waals surface area contributed by atoms with Crippen LogP contribution in [0.25, 0.3) is 0 Å². The molecule has 0 spiro atoms. The van der Waals surface area contributed by atoms with Crippen LogP contribution in [0, 0.1) is 56.7 Å². The van der Waals surface area contributed by atoms with E-state index in [1.54, 1.807) is 19.5 Å². The van der Waals surface area contributed by atoms with Gasteiger partial charge in [0.15, 0.2) is 0 Å². The van der Waals surface area contributed by atoms with Gasteiger partial charge < -0.3 is 15.4 Å². The van der Waals surface area contributed by atoms with Gasteiger partial charge in [-0.25, -0.2) is 0 Å². The van der Waals surface area contributed by atoms with Gasteiger partial charge in [-0.05, 0) is 104 Å². The van der Waals surface area contributed by atoms with Gasteiger partial charge in [-0.15, -0.1) is 0 Å². The van der Waals surface area contributed by atoms with Crippen molar-refractivity contribution in [3.05, 3.63) is 11.6 Å². The molecule has 4 fully saturated rings. The van der Waals surface area contributed by atoms with E-state index in [1.807, 2.05) is 0 Å². The molecule has 5 aliphatic rings. The van der Waals surface area contributed by atoms with Crippen LogP contribution in [-0.4, -0.2) is 37.5 Å². The number of ether oxygens (including phenoxy) is 1. The Labute approximate surface area is 254 Å². The molecule has 4 saturated carbocycles. The summed E-state index contributed by atoms with van der Waals surface area (Å²) in [7, 11) is 1.65. The minimum Gasteiger partial charge on any atom is -0.462 e. The van der Waals surface area contributed by atoms with Gasteiger partial charge in [-0.2, -0.15) is 0 Å². The molecular formula is C36H58N2O4. The van der Waals surface area contributed by atoms with E-state index in [9.17, 15) is 14.4 Å². The van der Waals surface area contributed by atoms with Crippen LogP contribution in [0.15, 0.2) is 11.6 Å². The van der Waals surface area contributed by atoms with Crippen molar-refractivity contribution in [3.8, 4) is 0 Å². The molecule has 2 amide bonds. The maximum Gasteiger partial charge on any atom is 0.302 e. The third-order valence-electron chi connectivity index (χ3n) is 14.6. The van der Waals surface area contributed by atoms with Crippen molar-refractivity contribution in [3.63, 3.8) is 0 Å². The zero-order valence-electron chi connectivity index (χ0n) is 28.0. The standard InChI is InChI=1S/C36H58N2O4/c1-22-12-18-36(31(41)38-21-15-29(40)37-9)20-19-34(7)25(30(36)23(22)2)10-11-27-33(6)16-14-28(42-24(3)39)32(4,5)26(33)13-17-35(27,34)8/h10,22-23,26-28,30H,11-21H2,1-9H3,(H,37,40)(H,38,41)/t22-,23+,26+,27-,28+,30+,33+,34-,35-,36+/m1/s1. The molecule has 0 heterocycles. The van der Waals surface area contributed by atoms with Crippen molar-refractivity contribution in [2.75, 3.05) is 13.6 Å². The summed E-state index contributed by atoms with van der Waals surface area (Å²) in [5, 5.41) is 5.90. The molecule has 236 valence electrons. The Kier molecular flexibility index (Phi) is 8.00. The fraction of sp³-hybridized carbons (Fsp3) is 0.861. The number of carbonyl (C=O) groups excluding carboxylic acids is 3. The third kappa shape index (κ3) is 4.42. The van der Waals surface area contributed by atoms with Crippen LogP contribution in [-0.2, 0) is 19.1 Å². The Morgan fingerprint density at radius 2 is 1.64 bits per heavy atom. The first-order valence-corrected chi connectivity index (χ1v) is 16.9. The van der Waals surface area contributed by atoms with Gasteiger partial charge in [-0.1, -0.05) is 60.1 Å². The second-order valence-electron chi connectivity index (χ2n) is 16.4. The molecule has 5 rings (SSSR count). The fourth-order valence-corrected chi connectivity index (χ4v) is 11.9. The molecular weight excluding hydrogens is 524 g/mol. The second-order valence-corrected chi connectivity index (χ2v) is 16.4. The summed E-state index contributed by atoms with van der Waals surface area (Å²) < 4.78 is 5.92. The largest absolute Gasteiger partial charge is 0.462 e. The third-order valence-corrected chi connectivity index (χ3v) is 14.6. The summed E-state index contributed by atoms with van der Waals surface area (Å²) in [4.78, 5) is 38.0. The average Bonchev–Trinajstić information content (AvgIpc) is 2.92. The molecule has 0 radical (unpaired) electrons. The number of rotatable bonds is 5. The van der Waals surface area contributed by atoms with Crippen LogP contribution in [0.4, 0.5) is 0 Å². The fourth-order valence-electron chi connectivity index (χ4n) is 11.9. The molecule has 6 heteroatoms. The van der Waals surface area contributed by atoms with E-state index in [4.69, 9.17) is 4.74 Å². The minimum atomic E-state index is -0.381. The summed E-state index contributed by atoms with van der Waals surface area (Å²) in [5.41, 5.74) is 1.55. The van der Waals surface area contributed by atoms with Crippen LogP contribution in [0.2, 0.25) is 0 Å². The lowest BCUT2D eigenvalue weighted by Gasteiger charge is -2.71. The first-order valence-electron chi connectivity index (χ1n) is 16.9. The average molecular weight is 583 g/mol. The summed E-state index contributed by atoms with van der Waals surface area (Å²) in [6, 6.07) is 0.